The molecule has 4 nitrogen and oxygen atoms in total. The fourth-order valence-corrected chi connectivity index (χ4v) is 2.79. The highest BCUT2D eigenvalue weighted by molar-refractivity contribution is 7.99. The van der Waals surface area contributed by atoms with Crippen LogP contribution in [0.3, 0.4) is 0 Å². The molecular weight excluding hydrogens is 210 g/mol. The molecule has 1 fully saturated rings. The maximum absolute atomic E-state index is 4.66. The molecule has 5 heteroatoms. The third-order valence-electron chi connectivity index (χ3n) is 3.02. The van der Waals surface area contributed by atoms with Crippen LogP contribution >= 0.6 is 11.8 Å². The number of rotatable bonds is 4. The van der Waals surface area contributed by atoms with Crippen LogP contribution in [-0.2, 0) is 6.54 Å². The predicted molar refractivity (Wildman–Crippen MR) is 60.8 cm³/mol. The summed E-state index contributed by atoms with van der Waals surface area (Å²) in [5, 5.41) is 12.0. The lowest BCUT2D eigenvalue weighted by atomic mass is 10.2. The van der Waals surface area contributed by atoms with Gasteiger partial charge in [-0.2, -0.15) is 11.8 Å². The molecule has 1 heterocycles. The van der Waals surface area contributed by atoms with Gasteiger partial charge in [0, 0.05) is 17.8 Å². The molecule has 0 bridgehead atoms. The van der Waals surface area contributed by atoms with Crippen LogP contribution < -0.4 is 5.32 Å². The zero-order valence-corrected chi connectivity index (χ0v) is 10.0. The summed E-state index contributed by atoms with van der Waals surface area (Å²) in [5.41, 5.74) is 1.82. The van der Waals surface area contributed by atoms with E-state index in [0.717, 1.165) is 23.2 Å². The summed E-state index contributed by atoms with van der Waals surface area (Å²) in [5.74, 6) is 0. The predicted octanol–water partition coefficient (Wildman–Crippen LogP) is 1.75. The van der Waals surface area contributed by atoms with E-state index in [1.807, 2.05) is 18.7 Å². The summed E-state index contributed by atoms with van der Waals surface area (Å²) in [7, 11) is 0. The number of aryl methyl sites for hydroxylation is 1. The SMILES string of the molecule is CSC1CCC(NCc2nonc2C)C1. The number of nitrogens with zero attached hydrogens (tertiary/aromatic N) is 2. The van der Waals surface area contributed by atoms with Crippen LogP contribution in [0.15, 0.2) is 4.63 Å². The van der Waals surface area contributed by atoms with Crippen LogP contribution in [0.1, 0.15) is 30.7 Å². The molecule has 2 rings (SSSR count). The van der Waals surface area contributed by atoms with Gasteiger partial charge in [-0.25, -0.2) is 4.63 Å². The molecular formula is C10H17N3OS. The molecule has 1 aromatic heterocycles. The van der Waals surface area contributed by atoms with Crippen LogP contribution in [0.25, 0.3) is 0 Å². The van der Waals surface area contributed by atoms with E-state index in [1.165, 1.54) is 19.3 Å². The van der Waals surface area contributed by atoms with E-state index in [-0.39, 0.29) is 0 Å². The molecule has 15 heavy (non-hydrogen) atoms. The average Bonchev–Trinajstić information content (AvgIpc) is 2.84. The van der Waals surface area contributed by atoms with E-state index in [2.05, 4.69) is 26.5 Å². The molecule has 0 aliphatic heterocycles. The van der Waals surface area contributed by atoms with E-state index in [1.54, 1.807) is 0 Å². The standard InChI is InChI=1S/C10H17N3OS/c1-7-10(13-14-12-7)6-11-8-3-4-9(5-8)15-2/h8-9,11H,3-6H2,1-2H3. The highest BCUT2D eigenvalue weighted by Gasteiger charge is 2.23. The smallest absolute Gasteiger partial charge is 0.121 e. The zero-order chi connectivity index (χ0) is 10.7. The summed E-state index contributed by atoms with van der Waals surface area (Å²) < 4.78 is 4.66. The molecule has 0 aromatic carbocycles. The van der Waals surface area contributed by atoms with Gasteiger partial charge in [-0.15, -0.1) is 0 Å². The molecule has 1 saturated carbocycles. The number of thioether (sulfide) groups is 1. The second-order valence-electron chi connectivity index (χ2n) is 4.04. The van der Waals surface area contributed by atoms with Gasteiger partial charge in [0.25, 0.3) is 0 Å². The number of aromatic nitrogens is 2. The van der Waals surface area contributed by atoms with Crippen molar-refractivity contribution in [1.82, 2.24) is 15.6 Å². The van der Waals surface area contributed by atoms with Crippen molar-refractivity contribution in [2.24, 2.45) is 0 Å². The van der Waals surface area contributed by atoms with Crippen molar-refractivity contribution in [2.75, 3.05) is 6.26 Å². The van der Waals surface area contributed by atoms with Gasteiger partial charge in [0.15, 0.2) is 0 Å². The van der Waals surface area contributed by atoms with Crippen molar-refractivity contribution in [1.29, 1.82) is 0 Å². The lowest BCUT2D eigenvalue weighted by Crippen LogP contribution is -2.26. The van der Waals surface area contributed by atoms with Crippen LogP contribution in [0.4, 0.5) is 0 Å². The van der Waals surface area contributed by atoms with E-state index in [4.69, 9.17) is 0 Å². The van der Waals surface area contributed by atoms with Crippen molar-refractivity contribution in [3.8, 4) is 0 Å². The molecule has 1 aliphatic rings. The lowest BCUT2D eigenvalue weighted by molar-refractivity contribution is 0.299. The van der Waals surface area contributed by atoms with Crippen molar-refractivity contribution >= 4 is 11.8 Å². The van der Waals surface area contributed by atoms with E-state index in [9.17, 15) is 0 Å². The Morgan fingerprint density at radius 1 is 1.47 bits per heavy atom. The summed E-state index contributed by atoms with van der Waals surface area (Å²) in [6, 6.07) is 0.638. The molecule has 0 radical (unpaired) electrons. The first kappa shape index (κ1) is 11.0. The van der Waals surface area contributed by atoms with Gasteiger partial charge in [0.1, 0.15) is 11.4 Å². The Balaban J connectivity index is 1.77. The largest absolute Gasteiger partial charge is 0.308 e. The van der Waals surface area contributed by atoms with Gasteiger partial charge in [0.2, 0.25) is 0 Å². The molecule has 84 valence electrons. The maximum atomic E-state index is 4.66. The van der Waals surface area contributed by atoms with Gasteiger partial charge < -0.3 is 5.32 Å². The zero-order valence-electron chi connectivity index (χ0n) is 9.19. The summed E-state index contributed by atoms with van der Waals surface area (Å²) >= 11 is 1.98. The minimum absolute atomic E-state index is 0.638. The molecule has 1 aliphatic carbocycles. The lowest BCUT2D eigenvalue weighted by Gasteiger charge is -2.10. The van der Waals surface area contributed by atoms with Crippen molar-refractivity contribution in [3.05, 3.63) is 11.4 Å². The topological polar surface area (TPSA) is 51.0 Å². The number of nitrogens with one attached hydrogen (secondary N) is 1. The second kappa shape index (κ2) is 4.99. The van der Waals surface area contributed by atoms with E-state index < -0.39 is 0 Å². The summed E-state index contributed by atoms with van der Waals surface area (Å²) in [4.78, 5) is 0. The summed E-state index contributed by atoms with van der Waals surface area (Å²) in [6.07, 6.45) is 6.06. The first-order valence-corrected chi connectivity index (χ1v) is 6.62. The van der Waals surface area contributed by atoms with E-state index >= 15 is 0 Å². The Labute approximate surface area is 94.2 Å². The minimum atomic E-state index is 0.638. The molecule has 0 saturated heterocycles. The first-order chi connectivity index (χ1) is 7.29. The van der Waals surface area contributed by atoms with Gasteiger partial charge in [-0.1, -0.05) is 10.3 Å². The quantitative estimate of drug-likeness (QED) is 0.849. The Bertz CT molecular complexity index is 315. The fourth-order valence-electron chi connectivity index (χ4n) is 1.99. The Kier molecular flexibility index (Phi) is 3.64. The van der Waals surface area contributed by atoms with Crippen LogP contribution in [-0.4, -0.2) is 27.9 Å². The van der Waals surface area contributed by atoms with Crippen molar-refractivity contribution in [3.63, 3.8) is 0 Å². The minimum Gasteiger partial charge on any atom is -0.308 e. The average molecular weight is 227 g/mol. The van der Waals surface area contributed by atoms with Gasteiger partial charge in [-0.3, -0.25) is 0 Å². The highest BCUT2D eigenvalue weighted by Crippen LogP contribution is 2.28. The van der Waals surface area contributed by atoms with E-state index in [0.29, 0.717) is 6.04 Å². The normalized spacial score (nSPS) is 26.0. The Hall–Kier alpha value is -0.550. The first-order valence-electron chi connectivity index (χ1n) is 5.34. The van der Waals surface area contributed by atoms with Gasteiger partial charge in [0.05, 0.1) is 0 Å². The Morgan fingerprint density at radius 3 is 2.93 bits per heavy atom. The highest BCUT2D eigenvalue weighted by atomic mass is 32.2. The van der Waals surface area contributed by atoms with Crippen LogP contribution in [0, 0.1) is 6.92 Å². The maximum Gasteiger partial charge on any atom is 0.121 e. The van der Waals surface area contributed by atoms with Gasteiger partial charge in [-0.05, 0) is 32.4 Å². The fraction of sp³-hybridized carbons (Fsp3) is 0.800. The molecule has 1 N–H and O–H groups in total. The van der Waals surface area contributed by atoms with Crippen LogP contribution in [0.2, 0.25) is 0 Å². The Morgan fingerprint density at radius 2 is 2.33 bits per heavy atom. The third kappa shape index (κ3) is 2.72. The second-order valence-corrected chi connectivity index (χ2v) is 5.18. The third-order valence-corrected chi connectivity index (χ3v) is 4.12. The molecule has 1 aromatic rings. The monoisotopic (exact) mass is 227 g/mol. The van der Waals surface area contributed by atoms with Crippen molar-refractivity contribution < 1.29 is 4.63 Å². The van der Waals surface area contributed by atoms with Crippen molar-refractivity contribution in [2.45, 2.75) is 44.0 Å². The van der Waals surface area contributed by atoms with Crippen LogP contribution in [0.5, 0.6) is 0 Å². The summed E-state index contributed by atoms with van der Waals surface area (Å²) in [6.45, 7) is 2.70. The number of hydrogen-bond acceptors (Lipinski definition) is 5. The molecule has 2 atom stereocenters. The molecule has 0 spiro atoms. The molecule has 2 unspecified atom stereocenters. The van der Waals surface area contributed by atoms with Gasteiger partial charge >= 0.3 is 0 Å². The molecule has 0 amide bonds. The number of hydrogen-bond donors (Lipinski definition) is 1.